The number of nitrogens with one attached hydrogen (secondary N) is 1. The highest BCUT2D eigenvalue weighted by molar-refractivity contribution is 5.97. The summed E-state index contributed by atoms with van der Waals surface area (Å²) in [7, 11) is 0. The molecule has 1 aromatic heterocycles. The Morgan fingerprint density at radius 1 is 1.04 bits per heavy atom. The highest BCUT2D eigenvalue weighted by Gasteiger charge is 2.15. The Kier molecular flexibility index (Phi) is 5.54. The smallest absolute Gasteiger partial charge is 0.251 e. The predicted octanol–water partition coefficient (Wildman–Crippen LogP) is 3.37. The minimum atomic E-state index is 0.0220. The van der Waals surface area contributed by atoms with Gasteiger partial charge in [-0.25, -0.2) is 4.98 Å². The fraction of sp³-hybridized carbons (Fsp3) is 0.619. The zero-order valence-electron chi connectivity index (χ0n) is 15.7. The molecule has 3 heterocycles. The lowest BCUT2D eigenvalue weighted by Gasteiger charge is -2.26. The number of hydrogen-bond donors (Lipinski definition) is 1. The number of likely N-dealkylation sites (tertiary alicyclic amines) is 1. The van der Waals surface area contributed by atoms with Gasteiger partial charge in [0.1, 0.15) is 5.82 Å². The third-order valence-corrected chi connectivity index (χ3v) is 5.76. The number of aromatic nitrogens is 2. The second kappa shape index (κ2) is 8.21. The number of carbonyl (C=O) groups is 1. The fourth-order valence-corrected chi connectivity index (χ4v) is 4.28. The van der Waals surface area contributed by atoms with E-state index in [1.54, 1.807) is 0 Å². The lowest BCUT2D eigenvalue weighted by molar-refractivity contribution is 0.0951. The number of aryl methyl sites for hydroxylation is 2. The highest BCUT2D eigenvalue weighted by Crippen LogP contribution is 2.22. The molecule has 4 rings (SSSR count). The highest BCUT2D eigenvalue weighted by atomic mass is 16.1. The number of benzene rings is 1. The van der Waals surface area contributed by atoms with Crippen LogP contribution in [0.25, 0.3) is 11.0 Å². The number of imidazole rings is 1. The second-order valence-corrected chi connectivity index (χ2v) is 7.71. The van der Waals surface area contributed by atoms with E-state index in [-0.39, 0.29) is 5.91 Å². The maximum absolute atomic E-state index is 12.5. The van der Waals surface area contributed by atoms with E-state index in [2.05, 4.69) is 20.9 Å². The number of amides is 1. The van der Waals surface area contributed by atoms with E-state index in [0.717, 1.165) is 43.6 Å². The zero-order chi connectivity index (χ0) is 17.8. The van der Waals surface area contributed by atoms with Crippen LogP contribution in [0.5, 0.6) is 0 Å². The molecule has 5 heteroatoms. The molecule has 1 aromatic carbocycles. The predicted molar refractivity (Wildman–Crippen MR) is 105 cm³/mol. The van der Waals surface area contributed by atoms with E-state index in [4.69, 9.17) is 4.98 Å². The first-order valence-corrected chi connectivity index (χ1v) is 10.3. The monoisotopic (exact) mass is 354 g/mol. The molecular weight excluding hydrogens is 324 g/mol. The van der Waals surface area contributed by atoms with Gasteiger partial charge in [-0.2, -0.15) is 0 Å². The molecule has 26 heavy (non-hydrogen) atoms. The van der Waals surface area contributed by atoms with Crippen molar-refractivity contribution in [2.24, 2.45) is 0 Å². The molecule has 0 saturated carbocycles. The summed E-state index contributed by atoms with van der Waals surface area (Å²) in [6, 6.07) is 5.97. The van der Waals surface area contributed by atoms with Crippen LogP contribution < -0.4 is 5.32 Å². The molecule has 0 radical (unpaired) electrons. The number of hydrogen-bond acceptors (Lipinski definition) is 3. The van der Waals surface area contributed by atoms with Crippen LogP contribution in [0.2, 0.25) is 0 Å². The summed E-state index contributed by atoms with van der Waals surface area (Å²) in [5.41, 5.74) is 2.86. The first-order valence-electron chi connectivity index (χ1n) is 10.3. The zero-order valence-corrected chi connectivity index (χ0v) is 15.7. The summed E-state index contributed by atoms with van der Waals surface area (Å²) in [6.45, 7) is 5.32. The van der Waals surface area contributed by atoms with Gasteiger partial charge in [0.2, 0.25) is 0 Å². The third-order valence-electron chi connectivity index (χ3n) is 5.76. The molecule has 0 aliphatic carbocycles. The van der Waals surface area contributed by atoms with Gasteiger partial charge in [-0.1, -0.05) is 12.8 Å². The number of carbonyl (C=O) groups excluding carboxylic acids is 1. The summed E-state index contributed by atoms with van der Waals surface area (Å²) in [6.07, 6.45) is 9.79. The Balaban J connectivity index is 1.34. The lowest BCUT2D eigenvalue weighted by Crippen LogP contribution is -2.33. The molecule has 0 bridgehead atoms. The van der Waals surface area contributed by atoms with E-state index in [1.807, 2.05) is 12.1 Å². The van der Waals surface area contributed by atoms with Crippen LogP contribution in [-0.2, 0) is 13.0 Å². The Bertz CT molecular complexity index is 761. The topological polar surface area (TPSA) is 50.2 Å². The van der Waals surface area contributed by atoms with E-state index in [0.29, 0.717) is 0 Å². The summed E-state index contributed by atoms with van der Waals surface area (Å²) < 4.78 is 2.34. The normalized spacial score (nSPS) is 18.5. The van der Waals surface area contributed by atoms with Crippen LogP contribution >= 0.6 is 0 Å². The maximum atomic E-state index is 12.5. The first-order chi connectivity index (χ1) is 12.8. The van der Waals surface area contributed by atoms with Gasteiger partial charge in [-0.05, 0) is 69.9 Å². The van der Waals surface area contributed by atoms with Crippen LogP contribution in [0.1, 0.15) is 61.1 Å². The largest absolute Gasteiger partial charge is 0.352 e. The summed E-state index contributed by atoms with van der Waals surface area (Å²) in [5.74, 6) is 1.20. The van der Waals surface area contributed by atoms with Crippen LogP contribution in [0.15, 0.2) is 18.2 Å². The second-order valence-electron chi connectivity index (χ2n) is 7.71. The SMILES string of the molecule is O=C(NCCCN1CCCCC1)c1ccc2c(c1)nc1n2CCCCC1. The average Bonchev–Trinajstić information content (AvgIpc) is 2.85. The number of nitrogens with zero attached hydrogens (tertiary/aromatic N) is 3. The maximum Gasteiger partial charge on any atom is 0.251 e. The Hall–Kier alpha value is -1.88. The van der Waals surface area contributed by atoms with Crippen molar-refractivity contribution < 1.29 is 4.79 Å². The van der Waals surface area contributed by atoms with E-state index in [9.17, 15) is 4.79 Å². The van der Waals surface area contributed by atoms with Crippen molar-refractivity contribution >= 4 is 16.9 Å². The molecule has 2 aliphatic heterocycles. The molecule has 1 saturated heterocycles. The van der Waals surface area contributed by atoms with Crippen molar-refractivity contribution in [1.82, 2.24) is 19.8 Å². The van der Waals surface area contributed by atoms with Crippen molar-refractivity contribution in [2.45, 2.75) is 57.9 Å². The van der Waals surface area contributed by atoms with Crippen LogP contribution in [0, 0.1) is 0 Å². The molecule has 0 spiro atoms. The van der Waals surface area contributed by atoms with Crippen LogP contribution in [0.3, 0.4) is 0 Å². The molecule has 1 fully saturated rings. The van der Waals surface area contributed by atoms with Crippen molar-refractivity contribution in [3.8, 4) is 0 Å². The van der Waals surface area contributed by atoms with Gasteiger partial charge in [0.25, 0.3) is 5.91 Å². The minimum Gasteiger partial charge on any atom is -0.352 e. The quantitative estimate of drug-likeness (QED) is 0.838. The summed E-state index contributed by atoms with van der Waals surface area (Å²) in [4.78, 5) is 19.8. The molecule has 0 unspecified atom stereocenters. The molecule has 5 nitrogen and oxygen atoms in total. The molecule has 1 N–H and O–H groups in total. The summed E-state index contributed by atoms with van der Waals surface area (Å²) in [5, 5.41) is 3.07. The van der Waals surface area contributed by atoms with Crippen molar-refractivity contribution in [3.05, 3.63) is 29.6 Å². The van der Waals surface area contributed by atoms with Gasteiger partial charge in [-0.15, -0.1) is 0 Å². The number of piperidine rings is 1. The van der Waals surface area contributed by atoms with Crippen LogP contribution in [0.4, 0.5) is 0 Å². The van der Waals surface area contributed by atoms with Gasteiger partial charge in [0, 0.05) is 25.1 Å². The fourth-order valence-electron chi connectivity index (χ4n) is 4.28. The van der Waals surface area contributed by atoms with Crippen molar-refractivity contribution in [3.63, 3.8) is 0 Å². The summed E-state index contributed by atoms with van der Waals surface area (Å²) >= 11 is 0. The molecule has 2 aromatic rings. The van der Waals surface area contributed by atoms with Gasteiger partial charge >= 0.3 is 0 Å². The number of rotatable bonds is 5. The van der Waals surface area contributed by atoms with E-state index >= 15 is 0 Å². The first kappa shape index (κ1) is 17.5. The molecular formula is C21H30N4O. The Morgan fingerprint density at radius 3 is 2.73 bits per heavy atom. The standard InChI is InChI=1S/C21H30N4O/c26-21(22-11-7-14-24-12-4-2-5-13-24)17-9-10-19-18(16-17)23-20-8-3-1-6-15-25(19)20/h9-10,16H,1-8,11-15H2,(H,22,26). The van der Waals surface area contributed by atoms with Gasteiger partial charge in [0.15, 0.2) is 0 Å². The Morgan fingerprint density at radius 2 is 1.85 bits per heavy atom. The van der Waals surface area contributed by atoms with Crippen LogP contribution in [-0.4, -0.2) is 46.5 Å². The minimum absolute atomic E-state index is 0.0220. The van der Waals surface area contributed by atoms with Gasteiger partial charge in [-0.3, -0.25) is 4.79 Å². The van der Waals surface area contributed by atoms with Crippen molar-refractivity contribution in [1.29, 1.82) is 0 Å². The molecule has 140 valence electrons. The molecule has 0 atom stereocenters. The number of fused-ring (bicyclic) bond motifs is 3. The lowest BCUT2D eigenvalue weighted by atomic mass is 10.1. The van der Waals surface area contributed by atoms with E-state index < -0.39 is 0 Å². The average molecular weight is 354 g/mol. The van der Waals surface area contributed by atoms with E-state index in [1.165, 1.54) is 63.0 Å². The third kappa shape index (κ3) is 3.93. The van der Waals surface area contributed by atoms with Gasteiger partial charge in [0.05, 0.1) is 11.0 Å². The van der Waals surface area contributed by atoms with Gasteiger partial charge < -0.3 is 14.8 Å². The Labute approximate surface area is 155 Å². The molecule has 2 aliphatic rings. The molecule has 1 amide bonds. The van der Waals surface area contributed by atoms with Crippen molar-refractivity contribution in [2.75, 3.05) is 26.2 Å².